The van der Waals surface area contributed by atoms with Gasteiger partial charge in [0, 0.05) is 17.0 Å². The van der Waals surface area contributed by atoms with Crippen LogP contribution in [-0.2, 0) is 10.0 Å². The SMILES string of the molecule is Cc1cc(C)c(Oc2nc(-c3ccc(C#N)nc3C)ccc2NS(C)(=O)=O)c(C)n1. The van der Waals surface area contributed by atoms with Crippen LogP contribution in [0.4, 0.5) is 5.69 Å². The van der Waals surface area contributed by atoms with Crippen LogP contribution >= 0.6 is 0 Å². The number of aryl methyl sites for hydroxylation is 4. The van der Waals surface area contributed by atoms with Crippen LogP contribution in [0.25, 0.3) is 11.3 Å². The molecule has 3 heterocycles. The second-order valence-corrected chi connectivity index (χ2v) is 8.71. The summed E-state index contributed by atoms with van der Waals surface area (Å²) in [5, 5.41) is 9.03. The lowest BCUT2D eigenvalue weighted by atomic mass is 10.1. The van der Waals surface area contributed by atoms with Crippen LogP contribution in [0.1, 0.15) is 28.3 Å². The van der Waals surface area contributed by atoms with Crippen molar-refractivity contribution in [1.82, 2.24) is 15.0 Å². The maximum atomic E-state index is 11.8. The number of hydrogen-bond acceptors (Lipinski definition) is 7. The molecule has 3 aromatic rings. The van der Waals surface area contributed by atoms with E-state index in [1.807, 2.05) is 32.9 Å². The fourth-order valence-corrected chi connectivity index (χ4v) is 3.66. The summed E-state index contributed by atoms with van der Waals surface area (Å²) in [6.07, 6.45) is 1.06. The Hall–Kier alpha value is -3.51. The Kier molecular flexibility index (Phi) is 5.71. The molecule has 30 heavy (non-hydrogen) atoms. The molecule has 0 amide bonds. The topological polar surface area (TPSA) is 118 Å². The summed E-state index contributed by atoms with van der Waals surface area (Å²) in [4.78, 5) is 13.2. The molecule has 0 radical (unpaired) electrons. The Labute approximate surface area is 175 Å². The molecule has 0 aliphatic heterocycles. The quantitative estimate of drug-likeness (QED) is 0.663. The third kappa shape index (κ3) is 4.72. The molecule has 9 heteroatoms. The number of rotatable bonds is 5. The minimum atomic E-state index is -3.55. The van der Waals surface area contributed by atoms with E-state index >= 15 is 0 Å². The van der Waals surface area contributed by atoms with Crippen LogP contribution in [0, 0.1) is 39.0 Å². The zero-order chi connectivity index (χ0) is 22.1. The van der Waals surface area contributed by atoms with Gasteiger partial charge in [0.25, 0.3) is 0 Å². The molecule has 1 N–H and O–H groups in total. The maximum absolute atomic E-state index is 11.8. The van der Waals surface area contributed by atoms with Gasteiger partial charge in [0.05, 0.1) is 17.6 Å². The number of nitrogens with zero attached hydrogens (tertiary/aromatic N) is 4. The van der Waals surface area contributed by atoms with E-state index in [1.165, 1.54) is 0 Å². The summed E-state index contributed by atoms with van der Waals surface area (Å²) in [7, 11) is -3.55. The van der Waals surface area contributed by atoms with E-state index in [4.69, 9.17) is 10.00 Å². The zero-order valence-corrected chi connectivity index (χ0v) is 18.1. The van der Waals surface area contributed by atoms with E-state index in [0.717, 1.165) is 17.5 Å². The van der Waals surface area contributed by atoms with Crippen molar-refractivity contribution in [2.75, 3.05) is 11.0 Å². The van der Waals surface area contributed by atoms with Gasteiger partial charge in [0.1, 0.15) is 17.5 Å². The summed E-state index contributed by atoms with van der Waals surface area (Å²) in [6, 6.07) is 10.5. The number of aromatic nitrogens is 3. The fourth-order valence-electron chi connectivity index (χ4n) is 3.10. The van der Waals surface area contributed by atoms with Crippen molar-refractivity contribution in [3.05, 3.63) is 58.7 Å². The van der Waals surface area contributed by atoms with Gasteiger partial charge in [0.2, 0.25) is 15.9 Å². The molecule has 3 rings (SSSR count). The first-order valence-corrected chi connectivity index (χ1v) is 11.0. The van der Waals surface area contributed by atoms with Crippen LogP contribution in [0.3, 0.4) is 0 Å². The van der Waals surface area contributed by atoms with E-state index in [-0.39, 0.29) is 11.6 Å². The van der Waals surface area contributed by atoms with E-state index in [2.05, 4.69) is 19.7 Å². The summed E-state index contributed by atoms with van der Waals surface area (Å²) in [6.45, 7) is 7.37. The lowest BCUT2D eigenvalue weighted by Crippen LogP contribution is -2.11. The van der Waals surface area contributed by atoms with E-state index in [1.54, 1.807) is 31.2 Å². The minimum Gasteiger partial charge on any atom is -0.435 e. The molecule has 0 aliphatic rings. The lowest BCUT2D eigenvalue weighted by Gasteiger charge is -2.16. The van der Waals surface area contributed by atoms with Gasteiger partial charge in [0.15, 0.2) is 5.75 Å². The molecular formula is C21H21N5O3S. The Morgan fingerprint density at radius 3 is 2.33 bits per heavy atom. The van der Waals surface area contributed by atoms with Gasteiger partial charge in [-0.1, -0.05) is 0 Å². The van der Waals surface area contributed by atoms with Crippen molar-refractivity contribution < 1.29 is 13.2 Å². The average Bonchev–Trinajstić information content (AvgIpc) is 2.64. The number of sulfonamides is 1. The zero-order valence-electron chi connectivity index (χ0n) is 17.3. The van der Waals surface area contributed by atoms with Crippen molar-refractivity contribution in [3.8, 4) is 29.0 Å². The molecule has 0 aliphatic carbocycles. The third-order valence-electron chi connectivity index (χ3n) is 4.29. The molecule has 0 atom stereocenters. The van der Waals surface area contributed by atoms with Crippen molar-refractivity contribution >= 4 is 15.7 Å². The highest BCUT2D eigenvalue weighted by Crippen LogP contribution is 2.34. The Morgan fingerprint density at radius 1 is 1.00 bits per heavy atom. The largest absolute Gasteiger partial charge is 0.435 e. The molecule has 0 unspecified atom stereocenters. The van der Waals surface area contributed by atoms with Crippen molar-refractivity contribution in [3.63, 3.8) is 0 Å². The number of hydrogen-bond donors (Lipinski definition) is 1. The predicted octanol–water partition coefficient (Wildman–Crippen LogP) is 3.81. The minimum absolute atomic E-state index is 0.0959. The molecule has 0 fully saturated rings. The highest BCUT2D eigenvalue weighted by Gasteiger charge is 2.17. The average molecular weight is 423 g/mol. The monoisotopic (exact) mass is 423 g/mol. The predicted molar refractivity (Wildman–Crippen MR) is 114 cm³/mol. The standard InChI is InChI=1S/C21H21N5O3S/c1-12-10-13(2)23-15(4)20(12)29-21-19(26-30(5,27)28)9-8-18(25-21)17-7-6-16(11-22)24-14(17)3/h6-10,26H,1-5H3. The van der Waals surface area contributed by atoms with E-state index in [0.29, 0.717) is 34.1 Å². The van der Waals surface area contributed by atoms with Gasteiger partial charge in [-0.25, -0.2) is 18.4 Å². The molecule has 0 aromatic carbocycles. The smallest absolute Gasteiger partial charge is 0.244 e. The van der Waals surface area contributed by atoms with Crippen LogP contribution < -0.4 is 9.46 Å². The van der Waals surface area contributed by atoms with Gasteiger partial charge in [-0.15, -0.1) is 0 Å². The molecular weight excluding hydrogens is 402 g/mol. The van der Waals surface area contributed by atoms with Crippen LogP contribution in [-0.4, -0.2) is 29.6 Å². The fraction of sp³-hybridized carbons (Fsp3) is 0.238. The van der Waals surface area contributed by atoms with Gasteiger partial charge < -0.3 is 4.74 Å². The molecule has 0 saturated heterocycles. The molecule has 0 spiro atoms. The normalized spacial score (nSPS) is 11.1. The number of pyridine rings is 3. The van der Waals surface area contributed by atoms with Gasteiger partial charge in [-0.3, -0.25) is 9.71 Å². The first-order valence-electron chi connectivity index (χ1n) is 9.07. The second-order valence-electron chi connectivity index (χ2n) is 6.96. The van der Waals surface area contributed by atoms with Crippen molar-refractivity contribution in [2.24, 2.45) is 0 Å². The van der Waals surface area contributed by atoms with E-state index in [9.17, 15) is 8.42 Å². The summed E-state index contributed by atoms with van der Waals surface area (Å²) in [5.74, 6) is 0.606. The van der Waals surface area contributed by atoms with Crippen molar-refractivity contribution in [2.45, 2.75) is 27.7 Å². The van der Waals surface area contributed by atoms with Gasteiger partial charge in [-0.2, -0.15) is 5.26 Å². The number of anilines is 1. The molecule has 0 bridgehead atoms. The third-order valence-corrected chi connectivity index (χ3v) is 4.88. The first kappa shape index (κ1) is 21.2. The van der Waals surface area contributed by atoms with Gasteiger partial charge >= 0.3 is 0 Å². The summed E-state index contributed by atoms with van der Waals surface area (Å²) >= 11 is 0. The Balaban J connectivity index is 2.14. The van der Waals surface area contributed by atoms with Crippen LogP contribution in [0.2, 0.25) is 0 Å². The number of nitriles is 1. The molecule has 0 saturated carbocycles. The second kappa shape index (κ2) is 8.08. The Morgan fingerprint density at radius 2 is 1.73 bits per heavy atom. The number of nitrogens with one attached hydrogen (secondary N) is 1. The first-order chi connectivity index (χ1) is 14.1. The number of ether oxygens (including phenoxy) is 1. The highest BCUT2D eigenvalue weighted by molar-refractivity contribution is 7.92. The molecule has 154 valence electrons. The Bertz CT molecular complexity index is 1260. The van der Waals surface area contributed by atoms with Crippen LogP contribution in [0.15, 0.2) is 30.3 Å². The molecule has 8 nitrogen and oxygen atoms in total. The maximum Gasteiger partial charge on any atom is 0.244 e. The molecule has 3 aromatic heterocycles. The van der Waals surface area contributed by atoms with E-state index < -0.39 is 10.0 Å². The summed E-state index contributed by atoms with van der Waals surface area (Å²) in [5.41, 5.74) is 4.76. The highest BCUT2D eigenvalue weighted by atomic mass is 32.2. The van der Waals surface area contributed by atoms with Crippen LogP contribution in [0.5, 0.6) is 11.6 Å². The lowest BCUT2D eigenvalue weighted by molar-refractivity contribution is 0.455. The van der Waals surface area contributed by atoms with Gasteiger partial charge in [-0.05, 0) is 63.6 Å². The summed E-state index contributed by atoms with van der Waals surface area (Å²) < 4.78 is 32.1. The van der Waals surface area contributed by atoms with Crippen molar-refractivity contribution in [1.29, 1.82) is 5.26 Å².